The molecular formula is C10H9BrN4OS. The second-order valence-corrected chi connectivity index (χ2v) is 5.52. The molecule has 0 unspecified atom stereocenters. The third kappa shape index (κ3) is 2.82. The number of hydrogen-bond acceptors (Lipinski definition) is 5. The van der Waals surface area contributed by atoms with Gasteiger partial charge in [-0.15, -0.1) is 0 Å². The van der Waals surface area contributed by atoms with Crippen LogP contribution in [0.15, 0.2) is 34.2 Å². The Kier molecular flexibility index (Phi) is 3.72. The predicted octanol–water partition coefficient (Wildman–Crippen LogP) is 2.44. The normalized spacial score (nSPS) is 10.0. The largest absolute Gasteiger partial charge is 0.323 e. The lowest BCUT2D eigenvalue weighted by molar-refractivity contribution is 0.102. The van der Waals surface area contributed by atoms with E-state index < -0.39 is 0 Å². The summed E-state index contributed by atoms with van der Waals surface area (Å²) < 4.78 is 0.859. The fourth-order valence-corrected chi connectivity index (χ4v) is 2.39. The van der Waals surface area contributed by atoms with Gasteiger partial charge in [0.1, 0.15) is 0 Å². The summed E-state index contributed by atoms with van der Waals surface area (Å²) >= 11 is 4.62. The van der Waals surface area contributed by atoms with Crippen LogP contribution in [0.25, 0.3) is 0 Å². The zero-order valence-electron chi connectivity index (χ0n) is 8.61. The number of amides is 1. The number of nitrogen functional groups attached to an aromatic ring is 1. The number of halogens is 1. The first-order valence-electron chi connectivity index (χ1n) is 4.69. The van der Waals surface area contributed by atoms with Crippen LogP contribution < -0.4 is 16.6 Å². The number of nitrogens with two attached hydrogens (primary N) is 1. The van der Waals surface area contributed by atoms with Crippen molar-refractivity contribution in [3.63, 3.8) is 0 Å². The van der Waals surface area contributed by atoms with Gasteiger partial charge in [0.15, 0.2) is 5.13 Å². The molecular weight excluding hydrogens is 304 g/mol. The first-order chi connectivity index (χ1) is 8.20. The van der Waals surface area contributed by atoms with Crippen molar-refractivity contribution in [2.75, 3.05) is 10.7 Å². The lowest BCUT2D eigenvalue weighted by Crippen LogP contribution is -2.16. The molecule has 2 aromatic rings. The average molecular weight is 313 g/mol. The molecule has 17 heavy (non-hydrogen) atoms. The molecule has 0 radical (unpaired) electrons. The van der Waals surface area contributed by atoms with Crippen LogP contribution in [0.4, 0.5) is 10.8 Å². The van der Waals surface area contributed by atoms with Crippen LogP contribution in [0.1, 0.15) is 10.4 Å². The van der Waals surface area contributed by atoms with Crippen molar-refractivity contribution in [1.29, 1.82) is 0 Å². The van der Waals surface area contributed by atoms with Crippen LogP contribution in [0.5, 0.6) is 0 Å². The van der Waals surface area contributed by atoms with Gasteiger partial charge >= 0.3 is 0 Å². The van der Waals surface area contributed by atoms with Crippen LogP contribution in [-0.2, 0) is 0 Å². The molecule has 0 fully saturated rings. The number of thiazole rings is 1. The van der Waals surface area contributed by atoms with Gasteiger partial charge in [-0.25, -0.2) is 4.98 Å². The van der Waals surface area contributed by atoms with Crippen molar-refractivity contribution < 1.29 is 4.79 Å². The Morgan fingerprint density at radius 1 is 1.41 bits per heavy atom. The maximum atomic E-state index is 11.9. The molecule has 4 N–H and O–H groups in total. The van der Waals surface area contributed by atoms with Gasteiger partial charge in [0.05, 0.1) is 21.2 Å². The van der Waals surface area contributed by atoms with Crippen molar-refractivity contribution in [3.8, 4) is 0 Å². The van der Waals surface area contributed by atoms with Crippen molar-refractivity contribution in [2.24, 2.45) is 5.84 Å². The molecule has 1 heterocycles. The standard InChI is InChI=1S/C10H9BrN4OS/c11-8-5-13-10(17-8)14-9(16)6-3-1-2-4-7(6)15-12/h1-5,15H,12H2,(H,13,14,16). The van der Waals surface area contributed by atoms with E-state index in [2.05, 4.69) is 31.7 Å². The van der Waals surface area contributed by atoms with Crippen LogP contribution in [-0.4, -0.2) is 10.9 Å². The third-order valence-electron chi connectivity index (χ3n) is 2.03. The molecule has 5 nitrogen and oxygen atoms in total. The van der Waals surface area contributed by atoms with Gasteiger partial charge in [-0.1, -0.05) is 23.5 Å². The average Bonchev–Trinajstić information content (AvgIpc) is 2.74. The molecule has 0 aliphatic carbocycles. The number of anilines is 2. The molecule has 7 heteroatoms. The highest BCUT2D eigenvalue weighted by atomic mass is 79.9. The van der Waals surface area contributed by atoms with Gasteiger partial charge in [0, 0.05) is 0 Å². The van der Waals surface area contributed by atoms with Gasteiger partial charge in [-0.2, -0.15) is 0 Å². The molecule has 0 saturated heterocycles. The zero-order valence-corrected chi connectivity index (χ0v) is 11.0. The summed E-state index contributed by atoms with van der Waals surface area (Å²) in [5.41, 5.74) is 3.52. The van der Waals surface area contributed by atoms with Crippen LogP contribution in [0, 0.1) is 0 Å². The van der Waals surface area contributed by atoms with Gasteiger partial charge in [0.2, 0.25) is 0 Å². The Labute approximate surface area is 110 Å². The molecule has 0 atom stereocenters. The van der Waals surface area contributed by atoms with Gasteiger partial charge in [-0.3, -0.25) is 16.0 Å². The van der Waals surface area contributed by atoms with Crippen LogP contribution in [0.2, 0.25) is 0 Å². The Balaban J connectivity index is 2.20. The molecule has 88 valence electrons. The predicted molar refractivity (Wildman–Crippen MR) is 72.0 cm³/mol. The van der Waals surface area contributed by atoms with Crippen LogP contribution >= 0.6 is 27.3 Å². The Morgan fingerprint density at radius 3 is 2.82 bits per heavy atom. The SMILES string of the molecule is NNc1ccccc1C(=O)Nc1ncc(Br)s1. The fraction of sp³-hybridized carbons (Fsp3) is 0. The highest BCUT2D eigenvalue weighted by Gasteiger charge is 2.11. The quantitative estimate of drug-likeness (QED) is 0.600. The maximum absolute atomic E-state index is 11.9. The first kappa shape index (κ1) is 12.0. The van der Waals surface area contributed by atoms with Gasteiger partial charge in [0.25, 0.3) is 5.91 Å². The van der Waals surface area contributed by atoms with E-state index in [1.807, 2.05) is 0 Å². The number of hydrogen-bond donors (Lipinski definition) is 3. The Bertz CT molecular complexity index is 543. The molecule has 0 aliphatic heterocycles. The van der Waals surface area contributed by atoms with Crippen molar-refractivity contribution in [3.05, 3.63) is 39.8 Å². The highest BCUT2D eigenvalue weighted by Crippen LogP contribution is 2.24. The lowest BCUT2D eigenvalue weighted by Gasteiger charge is -2.07. The van der Waals surface area contributed by atoms with E-state index >= 15 is 0 Å². The number of nitrogens with one attached hydrogen (secondary N) is 2. The molecule has 2 rings (SSSR count). The fourth-order valence-electron chi connectivity index (χ4n) is 1.28. The number of nitrogens with zero attached hydrogens (tertiary/aromatic N) is 1. The number of carbonyl (C=O) groups excluding carboxylic acids is 1. The van der Waals surface area contributed by atoms with Gasteiger partial charge in [-0.05, 0) is 28.1 Å². The summed E-state index contributed by atoms with van der Waals surface area (Å²) in [4.78, 5) is 16.0. The molecule has 1 aromatic carbocycles. The third-order valence-corrected chi connectivity index (χ3v) is 3.42. The number of hydrazine groups is 1. The number of carbonyl (C=O) groups is 1. The first-order valence-corrected chi connectivity index (χ1v) is 6.30. The summed E-state index contributed by atoms with van der Waals surface area (Å²) in [6, 6.07) is 6.99. The second-order valence-electron chi connectivity index (χ2n) is 3.11. The Hall–Kier alpha value is -1.44. The zero-order chi connectivity index (χ0) is 12.3. The number of benzene rings is 1. The summed E-state index contributed by atoms with van der Waals surface area (Å²) in [6.45, 7) is 0. The molecule has 0 spiro atoms. The van der Waals surface area contributed by atoms with Crippen molar-refractivity contribution in [1.82, 2.24) is 4.98 Å². The van der Waals surface area contributed by atoms with E-state index in [-0.39, 0.29) is 5.91 Å². The topological polar surface area (TPSA) is 80.0 Å². The summed E-state index contributed by atoms with van der Waals surface area (Å²) in [5.74, 6) is 5.09. The number of para-hydroxylation sites is 1. The lowest BCUT2D eigenvalue weighted by atomic mass is 10.1. The number of rotatable bonds is 3. The molecule has 0 bridgehead atoms. The summed E-state index contributed by atoms with van der Waals surface area (Å²) in [5, 5.41) is 3.23. The van der Waals surface area contributed by atoms with Crippen molar-refractivity contribution in [2.45, 2.75) is 0 Å². The van der Waals surface area contributed by atoms with E-state index in [0.29, 0.717) is 16.4 Å². The minimum absolute atomic E-state index is 0.250. The monoisotopic (exact) mass is 312 g/mol. The minimum Gasteiger partial charge on any atom is -0.323 e. The molecule has 0 saturated carbocycles. The number of aromatic nitrogens is 1. The maximum Gasteiger partial charge on any atom is 0.259 e. The highest BCUT2D eigenvalue weighted by molar-refractivity contribution is 9.11. The Morgan fingerprint density at radius 2 is 2.18 bits per heavy atom. The summed E-state index contributed by atoms with van der Waals surface area (Å²) in [6.07, 6.45) is 1.63. The minimum atomic E-state index is -0.250. The smallest absolute Gasteiger partial charge is 0.259 e. The van der Waals surface area contributed by atoms with E-state index in [4.69, 9.17) is 5.84 Å². The molecule has 1 aromatic heterocycles. The van der Waals surface area contributed by atoms with Gasteiger partial charge < -0.3 is 5.43 Å². The van der Waals surface area contributed by atoms with E-state index in [9.17, 15) is 4.79 Å². The van der Waals surface area contributed by atoms with E-state index in [1.165, 1.54) is 11.3 Å². The summed E-state index contributed by atoms with van der Waals surface area (Å²) in [7, 11) is 0. The van der Waals surface area contributed by atoms with E-state index in [1.54, 1.807) is 30.5 Å². The second kappa shape index (κ2) is 5.26. The van der Waals surface area contributed by atoms with E-state index in [0.717, 1.165) is 3.79 Å². The van der Waals surface area contributed by atoms with Crippen molar-refractivity contribution >= 4 is 44.0 Å². The van der Waals surface area contributed by atoms with Crippen LogP contribution in [0.3, 0.4) is 0 Å². The molecule has 0 aliphatic rings. The molecule has 1 amide bonds.